The molecule has 8 nitrogen and oxygen atoms in total. The molecule has 3 amide bonds. The lowest BCUT2D eigenvalue weighted by molar-refractivity contribution is -0.120. The highest BCUT2D eigenvalue weighted by Crippen LogP contribution is 2.24. The molecule has 0 radical (unpaired) electrons. The molecule has 0 aromatic heterocycles. The van der Waals surface area contributed by atoms with Gasteiger partial charge in [0.05, 0.1) is 4.90 Å². The number of rotatable bonds is 7. The number of imide groups is 1. The van der Waals surface area contributed by atoms with Crippen molar-refractivity contribution in [1.29, 1.82) is 0 Å². The Bertz CT molecular complexity index is 1010. The monoisotopic (exact) mass is 421 g/mol. The van der Waals surface area contributed by atoms with Crippen LogP contribution >= 0.6 is 0 Å². The van der Waals surface area contributed by atoms with Crippen molar-refractivity contribution in [3.8, 4) is 5.75 Å². The first-order chi connectivity index (χ1) is 13.7. The lowest BCUT2D eigenvalue weighted by Crippen LogP contribution is -2.49. The number of sulfonamides is 1. The van der Waals surface area contributed by atoms with E-state index in [0.29, 0.717) is 11.4 Å². The van der Waals surface area contributed by atoms with Crippen LogP contribution in [0.4, 0.5) is 20.6 Å². The first kappa shape index (κ1) is 20.6. The van der Waals surface area contributed by atoms with Crippen molar-refractivity contribution < 1.29 is 27.1 Å². The number of nitrogens with zero attached hydrogens (tertiary/aromatic N) is 1. The summed E-state index contributed by atoms with van der Waals surface area (Å²) >= 11 is 0. The third kappa shape index (κ3) is 5.23. The Hall–Kier alpha value is -3.14. The molecule has 0 aliphatic carbocycles. The average molecular weight is 421 g/mol. The Kier molecular flexibility index (Phi) is 6.02. The minimum absolute atomic E-state index is 0.0282. The van der Waals surface area contributed by atoms with Gasteiger partial charge < -0.3 is 4.74 Å². The van der Waals surface area contributed by atoms with Crippen LogP contribution in [0.2, 0.25) is 0 Å². The number of carbonyl (C=O) groups is 2. The van der Waals surface area contributed by atoms with E-state index in [1.165, 1.54) is 42.2 Å². The molecule has 0 bridgehead atoms. The molecule has 29 heavy (non-hydrogen) atoms. The van der Waals surface area contributed by atoms with Crippen LogP contribution in [0.1, 0.15) is 13.3 Å². The van der Waals surface area contributed by atoms with Crippen molar-refractivity contribution in [2.45, 2.75) is 24.4 Å². The molecular formula is C19H20FN3O5S. The van der Waals surface area contributed by atoms with Crippen molar-refractivity contribution in [3.63, 3.8) is 0 Å². The zero-order valence-corrected chi connectivity index (χ0v) is 16.4. The Morgan fingerprint density at radius 3 is 2.59 bits per heavy atom. The van der Waals surface area contributed by atoms with Crippen LogP contribution in [0.5, 0.6) is 5.75 Å². The summed E-state index contributed by atoms with van der Waals surface area (Å²) < 4.78 is 45.8. The maximum atomic E-state index is 12.9. The normalized spacial score (nSPS) is 15.6. The topological polar surface area (TPSA) is 105 Å². The molecule has 154 valence electrons. The van der Waals surface area contributed by atoms with Gasteiger partial charge in [-0.15, -0.1) is 0 Å². The van der Waals surface area contributed by atoms with Crippen LogP contribution in [-0.2, 0) is 14.8 Å². The molecule has 1 fully saturated rings. The van der Waals surface area contributed by atoms with Crippen LogP contribution in [0.25, 0.3) is 0 Å². The molecule has 2 aromatic rings. The maximum Gasteiger partial charge on any atom is 0.328 e. The van der Waals surface area contributed by atoms with Gasteiger partial charge in [0.25, 0.3) is 10.0 Å². The molecule has 2 aromatic carbocycles. The molecule has 0 saturated carbocycles. The summed E-state index contributed by atoms with van der Waals surface area (Å²) in [5, 5.41) is 2.23. The summed E-state index contributed by atoms with van der Waals surface area (Å²) in [4.78, 5) is 24.5. The van der Waals surface area contributed by atoms with Crippen molar-refractivity contribution >= 4 is 33.3 Å². The second-order valence-corrected chi connectivity index (χ2v) is 8.16. The van der Waals surface area contributed by atoms with Gasteiger partial charge in [-0.3, -0.25) is 19.7 Å². The first-order valence-electron chi connectivity index (χ1n) is 8.86. The number of halogens is 1. The van der Waals surface area contributed by atoms with Crippen molar-refractivity contribution in [2.75, 3.05) is 22.8 Å². The number of hydrogen-bond donors (Lipinski definition) is 2. The van der Waals surface area contributed by atoms with Crippen LogP contribution < -0.4 is 19.7 Å². The zero-order chi connectivity index (χ0) is 21.0. The van der Waals surface area contributed by atoms with Crippen LogP contribution in [0.15, 0.2) is 53.4 Å². The summed E-state index contributed by atoms with van der Waals surface area (Å²) in [6.45, 7) is 1.42. The van der Waals surface area contributed by atoms with Gasteiger partial charge in [0.2, 0.25) is 5.91 Å². The Balaban J connectivity index is 1.71. The SMILES string of the molecule is CC(F)COc1cccc(S(=O)(=O)Nc2ccc(N3CCC(=O)NC3=O)cc2)c1. The molecule has 1 unspecified atom stereocenters. The largest absolute Gasteiger partial charge is 0.491 e. The highest BCUT2D eigenvalue weighted by Gasteiger charge is 2.24. The number of alkyl halides is 1. The quantitative estimate of drug-likeness (QED) is 0.715. The molecule has 3 rings (SSSR count). The zero-order valence-electron chi connectivity index (χ0n) is 15.6. The summed E-state index contributed by atoms with van der Waals surface area (Å²) in [6.07, 6.45) is -0.980. The lowest BCUT2D eigenvalue weighted by atomic mass is 10.2. The lowest BCUT2D eigenvalue weighted by Gasteiger charge is -2.26. The number of carbonyl (C=O) groups excluding carboxylic acids is 2. The predicted molar refractivity (Wildman–Crippen MR) is 105 cm³/mol. The van der Waals surface area contributed by atoms with E-state index >= 15 is 0 Å². The van der Waals surface area contributed by atoms with E-state index in [1.54, 1.807) is 18.2 Å². The van der Waals surface area contributed by atoms with Crippen LogP contribution in [-0.4, -0.2) is 39.7 Å². The molecule has 0 spiro atoms. The summed E-state index contributed by atoms with van der Waals surface area (Å²) in [6, 6.07) is 11.4. The molecule has 1 heterocycles. The van der Waals surface area contributed by atoms with E-state index in [2.05, 4.69) is 10.0 Å². The second-order valence-electron chi connectivity index (χ2n) is 6.47. The molecule has 1 aliphatic heterocycles. The molecule has 1 saturated heterocycles. The number of amides is 3. The molecule has 10 heteroatoms. The van der Waals surface area contributed by atoms with Gasteiger partial charge in [0, 0.05) is 30.4 Å². The fourth-order valence-corrected chi connectivity index (χ4v) is 3.77. The van der Waals surface area contributed by atoms with Gasteiger partial charge in [-0.05, 0) is 43.3 Å². The fourth-order valence-electron chi connectivity index (χ4n) is 2.68. The number of nitrogens with one attached hydrogen (secondary N) is 2. The standard InChI is InChI=1S/C19H20FN3O5S/c1-13(20)12-28-16-3-2-4-17(11-16)29(26,27)22-14-5-7-15(8-6-14)23-10-9-18(24)21-19(23)25/h2-8,11,13,22H,9-10,12H2,1H3,(H,21,24,25). The third-order valence-corrected chi connectivity index (χ3v) is 5.46. The minimum Gasteiger partial charge on any atom is -0.491 e. The second kappa shape index (κ2) is 8.48. The Morgan fingerprint density at radius 2 is 1.93 bits per heavy atom. The van der Waals surface area contributed by atoms with E-state index in [9.17, 15) is 22.4 Å². The van der Waals surface area contributed by atoms with E-state index in [1.807, 2.05) is 0 Å². The average Bonchev–Trinajstić information content (AvgIpc) is 2.67. The van der Waals surface area contributed by atoms with Gasteiger partial charge in [0.15, 0.2) is 0 Å². The van der Waals surface area contributed by atoms with Crippen molar-refractivity contribution in [2.24, 2.45) is 0 Å². The minimum atomic E-state index is -3.89. The Labute approximate surface area is 167 Å². The van der Waals surface area contributed by atoms with Crippen LogP contribution in [0, 0.1) is 0 Å². The molecule has 2 N–H and O–H groups in total. The number of anilines is 2. The van der Waals surface area contributed by atoms with E-state index < -0.39 is 22.2 Å². The molecule has 1 atom stereocenters. The number of benzene rings is 2. The van der Waals surface area contributed by atoms with Gasteiger partial charge in [0.1, 0.15) is 18.5 Å². The highest BCUT2D eigenvalue weighted by atomic mass is 32.2. The van der Waals surface area contributed by atoms with Gasteiger partial charge in [-0.2, -0.15) is 0 Å². The van der Waals surface area contributed by atoms with Crippen LogP contribution in [0.3, 0.4) is 0 Å². The van der Waals surface area contributed by atoms with Crippen molar-refractivity contribution in [3.05, 3.63) is 48.5 Å². The molecule has 1 aliphatic rings. The smallest absolute Gasteiger partial charge is 0.328 e. The fraction of sp³-hybridized carbons (Fsp3) is 0.263. The first-order valence-corrected chi connectivity index (χ1v) is 10.3. The van der Waals surface area contributed by atoms with Gasteiger partial charge in [-0.25, -0.2) is 17.6 Å². The van der Waals surface area contributed by atoms with Gasteiger partial charge in [-0.1, -0.05) is 6.07 Å². The Morgan fingerprint density at radius 1 is 1.21 bits per heavy atom. The number of hydrogen-bond acceptors (Lipinski definition) is 5. The summed E-state index contributed by atoms with van der Waals surface area (Å²) in [7, 11) is -3.89. The number of urea groups is 1. The summed E-state index contributed by atoms with van der Waals surface area (Å²) in [5.74, 6) is -0.0822. The predicted octanol–water partition coefficient (Wildman–Crippen LogP) is 2.67. The third-order valence-electron chi connectivity index (χ3n) is 4.08. The van der Waals surface area contributed by atoms with E-state index in [-0.39, 0.29) is 36.1 Å². The number of ether oxygens (including phenoxy) is 1. The maximum absolute atomic E-state index is 12.9. The van der Waals surface area contributed by atoms with E-state index in [0.717, 1.165) is 0 Å². The van der Waals surface area contributed by atoms with Crippen molar-refractivity contribution in [1.82, 2.24) is 5.32 Å². The molecular weight excluding hydrogens is 401 g/mol. The highest BCUT2D eigenvalue weighted by molar-refractivity contribution is 7.92. The van der Waals surface area contributed by atoms with Gasteiger partial charge >= 0.3 is 6.03 Å². The summed E-state index contributed by atoms with van der Waals surface area (Å²) in [5.41, 5.74) is 0.833. The van der Waals surface area contributed by atoms with E-state index in [4.69, 9.17) is 4.74 Å².